The zero-order valence-corrected chi connectivity index (χ0v) is 29.1. The van der Waals surface area contributed by atoms with Crippen molar-refractivity contribution in [3.05, 3.63) is 155 Å². The third-order valence-corrected chi connectivity index (χ3v) is 11.7. The minimum absolute atomic E-state index is 0.0845. The van der Waals surface area contributed by atoms with E-state index in [0.717, 1.165) is 19.3 Å². The third-order valence-electron chi connectivity index (χ3n) is 11.7. The second kappa shape index (κ2) is 11.5. The molecule has 0 saturated carbocycles. The highest BCUT2D eigenvalue weighted by atomic mass is 15.2. The average molecular weight is 637 g/mol. The Hall–Kier alpha value is -5.08. The van der Waals surface area contributed by atoms with Gasteiger partial charge >= 0.3 is 0 Å². The van der Waals surface area contributed by atoms with Crippen molar-refractivity contribution in [2.75, 3.05) is 9.80 Å². The van der Waals surface area contributed by atoms with E-state index in [2.05, 4.69) is 171 Å². The lowest BCUT2D eigenvalue weighted by molar-refractivity contribution is 0.616. The van der Waals surface area contributed by atoms with Crippen molar-refractivity contribution in [2.45, 2.75) is 70.9 Å². The molecule has 6 aromatic rings. The molecule has 2 heteroatoms. The van der Waals surface area contributed by atoms with Gasteiger partial charge < -0.3 is 9.80 Å². The Morgan fingerprint density at radius 3 is 1.88 bits per heavy atom. The highest BCUT2D eigenvalue weighted by Crippen LogP contribution is 2.51. The number of para-hydroxylation sites is 2. The summed E-state index contributed by atoms with van der Waals surface area (Å²) in [7, 11) is 0. The first-order chi connectivity index (χ1) is 23.9. The van der Waals surface area contributed by atoms with Crippen LogP contribution in [0.25, 0.3) is 34.1 Å². The molecule has 2 heterocycles. The Balaban J connectivity index is 1.05. The van der Waals surface area contributed by atoms with Crippen LogP contribution in [0.1, 0.15) is 73.9 Å². The van der Waals surface area contributed by atoms with Crippen LogP contribution < -0.4 is 9.80 Å². The lowest BCUT2D eigenvalue weighted by Crippen LogP contribution is -2.33. The van der Waals surface area contributed by atoms with E-state index in [1.165, 1.54) is 84.5 Å². The maximum atomic E-state index is 2.56. The molecule has 49 heavy (non-hydrogen) atoms. The largest absolute Gasteiger partial charge is 0.338 e. The average Bonchev–Trinajstić information content (AvgIpc) is 3.35. The van der Waals surface area contributed by atoms with Crippen LogP contribution in [0, 0.1) is 0 Å². The van der Waals surface area contributed by atoms with Gasteiger partial charge in [0.25, 0.3) is 0 Å². The van der Waals surface area contributed by atoms with Gasteiger partial charge in [0.05, 0.1) is 0 Å². The number of hydrogen-bond donors (Lipinski definition) is 0. The summed E-state index contributed by atoms with van der Waals surface area (Å²) in [4.78, 5) is 5.12. The predicted molar refractivity (Wildman–Crippen MR) is 210 cm³/mol. The maximum Gasteiger partial charge on any atom is 0.0493 e. The van der Waals surface area contributed by atoms with Gasteiger partial charge in [-0.15, -0.1) is 0 Å². The molecule has 2 nitrogen and oxygen atoms in total. The molecule has 242 valence electrons. The zero-order chi connectivity index (χ0) is 33.3. The Labute approximate surface area is 291 Å². The summed E-state index contributed by atoms with van der Waals surface area (Å²) in [5.41, 5.74) is 16.2. The van der Waals surface area contributed by atoms with E-state index < -0.39 is 0 Å². The molecular formula is C47H44N2. The van der Waals surface area contributed by atoms with Gasteiger partial charge in [0.2, 0.25) is 0 Å². The fraction of sp³-hybridized carbons (Fsp3) is 0.234. The quantitative estimate of drug-likeness (QED) is 0.178. The van der Waals surface area contributed by atoms with E-state index in [9.17, 15) is 0 Å². The molecule has 0 fully saturated rings. The second-order valence-electron chi connectivity index (χ2n) is 15.0. The molecule has 3 aliphatic rings. The van der Waals surface area contributed by atoms with Gasteiger partial charge in [-0.1, -0.05) is 117 Å². The van der Waals surface area contributed by atoms with Crippen LogP contribution in [0.15, 0.2) is 121 Å². The molecule has 0 aromatic heterocycles. The molecule has 9 rings (SSSR count). The number of benzene rings is 6. The molecule has 1 aliphatic carbocycles. The molecular weight excluding hydrogens is 593 g/mol. The summed E-state index contributed by atoms with van der Waals surface area (Å²) in [5.74, 6) is 0. The topological polar surface area (TPSA) is 6.48 Å². The number of nitrogens with zero attached hydrogens (tertiary/aromatic N) is 2. The van der Waals surface area contributed by atoms with Crippen molar-refractivity contribution in [3.63, 3.8) is 0 Å². The Morgan fingerprint density at radius 2 is 1.14 bits per heavy atom. The third kappa shape index (κ3) is 4.83. The second-order valence-corrected chi connectivity index (χ2v) is 15.0. The van der Waals surface area contributed by atoms with Crippen LogP contribution >= 0.6 is 0 Å². The minimum Gasteiger partial charge on any atom is -0.338 e. The Bertz CT molecular complexity index is 2270. The highest BCUT2D eigenvalue weighted by Gasteiger charge is 2.37. The molecule has 2 aliphatic heterocycles. The van der Waals surface area contributed by atoms with Crippen molar-refractivity contribution in [2.24, 2.45) is 0 Å². The molecule has 0 N–H and O–H groups in total. The summed E-state index contributed by atoms with van der Waals surface area (Å²) >= 11 is 0. The molecule has 0 amide bonds. The molecule has 2 atom stereocenters. The number of rotatable bonds is 4. The lowest BCUT2D eigenvalue weighted by Gasteiger charge is -2.38. The van der Waals surface area contributed by atoms with E-state index in [0.29, 0.717) is 12.1 Å². The molecule has 2 unspecified atom stereocenters. The standard InChI is InChI=1S/C47H44N2/c1-31-17-21-35-11-5-9-15-44(35)48(31)37-25-27-40-39-26-20-33(29-42(39)47(3,4)43(40)30-37)19-23-34-24-28-46(41-14-8-7-13-38(34)41)49-32(2)18-22-36-12-6-10-16-45(36)49/h5-16,19-20,23-32H,17-18,21-22H2,1-4H3. The highest BCUT2D eigenvalue weighted by molar-refractivity contribution is 6.02. The fourth-order valence-electron chi connectivity index (χ4n) is 8.98. The number of aryl methyl sites for hydroxylation is 2. The normalized spacial score (nSPS) is 19.1. The van der Waals surface area contributed by atoms with Crippen LogP contribution in [0.4, 0.5) is 22.7 Å². The maximum absolute atomic E-state index is 2.56. The lowest BCUT2D eigenvalue weighted by atomic mass is 9.81. The van der Waals surface area contributed by atoms with Crippen LogP contribution in [0.2, 0.25) is 0 Å². The van der Waals surface area contributed by atoms with Crippen LogP contribution in [-0.4, -0.2) is 12.1 Å². The molecule has 0 spiro atoms. The molecule has 0 saturated heterocycles. The van der Waals surface area contributed by atoms with Gasteiger partial charge in [-0.3, -0.25) is 0 Å². The summed E-state index contributed by atoms with van der Waals surface area (Å²) in [6, 6.07) is 46.6. The predicted octanol–water partition coefficient (Wildman–Crippen LogP) is 12.3. The van der Waals surface area contributed by atoms with Crippen LogP contribution in [-0.2, 0) is 18.3 Å². The van der Waals surface area contributed by atoms with Gasteiger partial charge in [0.1, 0.15) is 0 Å². The van der Waals surface area contributed by atoms with Crippen molar-refractivity contribution < 1.29 is 0 Å². The Kier molecular flexibility index (Phi) is 7.06. The van der Waals surface area contributed by atoms with E-state index in [1.54, 1.807) is 0 Å². The van der Waals surface area contributed by atoms with Gasteiger partial charge in [-0.2, -0.15) is 0 Å². The van der Waals surface area contributed by atoms with Gasteiger partial charge in [-0.25, -0.2) is 0 Å². The first-order valence-corrected chi connectivity index (χ1v) is 18.1. The van der Waals surface area contributed by atoms with Gasteiger partial charge in [-0.05, 0) is 120 Å². The monoisotopic (exact) mass is 636 g/mol. The van der Waals surface area contributed by atoms with E-state index in [-0.39, 0.29) is 5.41 Å². The number of fused-ring (bicyclic) bond motifs is 6. The summed E-state index contributed by atoms with van der Waals surface area (Å²) in [5, 5.41) is 2.60. The van der Waals surface area contributed by atoms with Crippen molar-refractivity contribution in [3.8, 4) is 11.1 Å². The molecule has 0 bridgehead atoms. The minimum atomic E-state index is -0.0845. The molecule has 0 radical (unpaired) electrons. The number of anilines is 4. The van der Waals surface area contributed by atoms with Crippen molar-refractivity contribution in [1.82, 2.24) is 0 Å². The summed E-state index contributed by atoms with van der Waals surface area (Å²) < 4.78 is 0. The first-order valence-electron chi connectivity index (χ1n) is 18.1. The van der Waals surface area contributed by atoms with Crippen molar-refractivity contribution in [1.29, 1.82) is 0 Å². The SMILES string of the molecule is CC1CCc2ccccc2N1c1ccc2c(c1)C(C)(C)c1cc(C=Cc3ccc(N4c5ccccc5CCC4C)c4ccccc34)ccc1-2. The van der Waals surface area contributed by atoms with E-state index >= 15 is 0 Å². The number of hydrogen-bond acceptors (Lipinski definition) is 2. The van der Waals surface area contributed by atoms with Crippen LogP contribution in [0.3, 0.4) is 0 Å². The van der Waals surface area contributed by atoms with Crippen molar-refractivity contribution >= 4 is 45.7 Å². The van der Waals surface area contributed by atoms with Gasteiger partial charge in [0.15, 0.2) is 0 Å². The first kappa shape index (κ1) is 30.0. The van der Waals surface area contributed by atoms with Gasteiger partial charge in [0, 0.05) is 45.6 Å². The fourth-order valence-corrected chi connectivity index (χ4v) is 8.98. The smallest absolute Gasteiger partial charge is 0.0493 e. The zero-order valence-electron chi connectivity index (χ0n) is 29.1. The van der Waals surface area contributed by atoms with E-state index in [1.807, 2.05) is 0 Å². The molecule has 6 aromatic carbocycles. The Morgan fingerprint density at radius 1 is 0.551 bits per heavy atom. The van der Waals surface area contributed by atoms with E-state index in [4.69, 9.17) is 0 Å². The summed E-state index contributed by atoms with van der Waals surface area (Å²) in [6.45, 7) is 9.52. The summed E-state index contributed by atoms with van der Waals surface area (Å²) in [6.07, 6.45) is 9.25. The van der Waals surface area contributed by atoms with Crippen LogP contribution in [0.5, 0.6) is 0 Å².